The molecule has 0 atom stereocenters. The largest absolute Gasteiger partial charge is 0.358 e. The number of benzene rings is 1. The lowest BCUT2D eigenvalue weighted by atomic mass is 10.3. The third-order valence-corrected chi connectivity index (χ3v) is 4.12. The standard InChI is InChI=1S/C12H8N2O3S2/c13-9-11(12-7-4-8-18-12)14-17-19(15,16)10-5-2-1-3-6-10/h1-8H. The molecule has 1 heterocycles. The number of rotatable bonds is 4. The first-order chi connectivity index (χ1) is 9.13. The minimum Gasteiger partial charge on any atom is -0.263 e. The van der Waals surface area contributed by atoms with E-state index in [2.05, 4.69) is 9.44 Å². The Kier molecular flexibility index (Phi) is 3.94. The van der Waals surface area contributed by atoms with Crippen LogP contribution in [-0.2, 0) is 14.4 Å². The molecule has 0 fully saturated rings. The fourth-order valence-electron chi connectivity index (χ4n) is 1.25. The predicted octanol–water partition coefficient (Wildman–Crippen LogP) is 2.38. The van der Waals surface area contributed by atoms with Crippen molar-refractivity contribution in [3.8, 4) is 6.07 Å². The predicted molar refractivity (Wildman–Crippen MR) is 71.2 cm³/mol. The van der Waals surface area contributed by atoms with Gasteiger partial charge in [-0.15, -0.1) is 11.3 Å². The van der Waals surface area contributed by atoms with Crippen molar-refractivity contribution in [3.63, 3.8) is 0 Å². The third-order valence-electron chi connectivity index (χ3n) is 2.12. The van der Waals surface area contributed by atoms with Gasteiger partial charge in [0.1, 0.15) is 11.0 Å². The second-order valence-corrected chi connectivity index (χ2v) is 5.85. The molecule has 7 heteroatoms. The molecule has 96 valence electrons. The van der Waals surface area contributed by atoms with Crippen LogP contribution in [0.3, 0.4) is 0 Å². The molecule has 1 aromatic carbocycles. The van der Waals surface area contributed by atoms with E-state index >= 15 is 0 Å². The number of nitriles is 1. The van der Waals surface area contributed by atoms with Gasteiger partial charge in [-0.25, -0.2) is 0 Å². The molecule has 0 bridgehead atoms. The van der Waals surface area contributed by atoms with Crippen LogP contribution in [0.1, 0.15) is 4.88 Å². The van der Waals surface area contributed by atoms with Gasteiger partial charge in [-0.05, 0) is 23.6 Å². The Bertz CT molecular complexity index is 714. The molecule has 0 aliphatic rings. The zero-order valence-electron chi connectivity index (χ0n) is 9.55. The van der Waals surface area contributed by atoms with Gasteiger partial charge >= 0.3 is 10.1 Å². The maximum atomic E-state index is 11.8. The van der Waals surface area contributed by atoms with Crippen molar-refractivity contribution in [2.45, 2.75) is 4.90 Å². The van der Waals surface area contributed by atoms with Gasteiger partial charge in [-0.3, -0.25) is 4.28 Å². The molecule has 19 heavy (non-hydrogen) atoms. The summed E-state index contributed by atoms with van der Waals surface area (Å²) in [4.78, 5) is 0.535. The van der Waals surface area contributed by atoms with Gasteiger partial charge in [-0.2, -0.15) is 13.7 Å². The number of thiophene rings is 1. The van der Waals surface area contributed by atoms with Gasteiger partial charge in [-0.1, -0.05) is 29.4 Å². The average Bonchev–Trinajstić information content (AvgIpc) is 2.94. The summed E-state index contributed by atoms with van der Waals surface area (Å²) in [5.74, 6) is 0. The Morgan fingerprint density at radius 1 is 1.21 bits per heavy atom. The Morgan fingerprint density at radius 3 is 2.53 bits per heavy atom. The molecular weight excluding hydrogens is 284 g/mol. The fourth-order valence-corrected chi connectivity index (χ4v) is 2.65. The number of oxime groups is 1. The quantitative estimate of drug-likeness (QED) is 0.640. The number of hydrogen-bond donors (Lipinski definition) is 0. The third kappa shape index (κ3) is 3.19. The van der Waals surface area contributed by atoms with E-state index in [9.17, 15) is 8.42 Å². The first kappa shape index (κ1) is 13.3. The Balaban J connectivity index is 2.25. The van der Waals surface area contributed by atoms with Gasteiger partial charge in [0.05, 0.1) is 4.88 Å². The van der Waals surface area contributed by atoms with Crippen molar-refractivity contribution in [2.75, 3.05) is 0 Å². The summed E-state index contributed by atoms with van der Waals surface area (Å²) < 4.78 is 28.1. The maximum Gasteiger partial charge on any atom is 0.358 e. The average molecular weight is 292 g/mol. The highest BCUT2D eigenvalue weighted by Crippen LogP contribution is 2.14. The highest BCUT2D eigenvalue weighted by molar-refractivity contribution is 7.86. The lowest BCUT2D eigenvalue weighted by Crippen LogP contribution is -2.05. The van der Waals surface area contributed by atoms with Gasteiger partial charge in [0.2, 0.25) is 0 Å². The topological polar surface area (TPSA) is 79.5 Å². The molecule has 0 unspecified atom stereocenters. The van der Waals surface area contributed by atoms with E-state index in [1.165, 1.54) is 23.5 Å². The van der Waals surface area contributed by atoms with Gasteiger partial charge in [0.15, 0.2) is 5.71 Å². The smallest absolute Gasteiger partial charge is 0.263 e. The van der Waals surface area contributed by atoms with Crippen molar-refractivity contribution in [3.05, 3.63) is 52.7 Å². The van der Waals surface area contributed by atoms with Crippen LogP contribution in [0.15, 0.2) is 57.9 Å². The molecule has 0 radical (unpaired) electrons. The zero-order valence-corrected chi connectivity index (χ0v) is 11.2. The molecule has 2 rings (SSSR count). The van der Waals surface area contributed by atoms with Crippen molar-refractivity contribution >= 4 is 27.2 Å². The molecule has 0 spiro atoms. The van der Waals surface area contributed by atoms with Crippen LogP contribution in [0, 0.1) is 11.3 Å². The molecule has 0 saturated heterocycles. The molecule has 0 N–H and O–H groups in total. The molecule has 0 aliphatic heterocycles. The summed E-state index contributed by atoms with van der Waals surface area (Å²) in [5.41, 5.74) is -0.0745. The van der Waals surface area contributed by atoms with Crippen LogP contribution in [0.5, 0.6) is 0 Å². The Morgan fingerprint density at radius 2 is 1.95 bits per heavy atom. The van der Waals surface area contributed by atoms with Crippen LogP contribution in [0.25, 0.3) is 0 Å². The summed E-state index contributed by atoms with van der Waals surface area (Å²) in [6.07, 6.45) is 0. The maximum absolute atomic E-state index is 11.8. The molecule has 2 aromatic rings. The highest BCUT2D eigenvalue weighted by Gasteiger charge is 2.16. The molecule has 0 amide bonds. The Labute approximate surface area is 114 Å². The summed E-state index contributed by atoms with van der Waals surface area (Å²) in [5, 5.41) is 14.1. The van der Waals surface area contributed by atoms with Gasteiger partial charge in [0.25, 0.3) is 0 Å². The van der Waals surface area contributed by atoms with Crippen molar-refractivity contribution in [1.29, 1.82) is 5.26 Å². The van der Waals surface area contributed by atoms with Crippen LogP contribution in [-0.4, -0.2) is 14.1 Å². The van der Waals surface area contributed by atoms with Crippen LogP contribution in [0.4, 0.5) is 0 Å². The van der Waals surface area contributed by atoms with E-state index < -0.39 is 10.1 Å². The normalized spacial score (nSPS) is 11.8. The molecular formula is C12H8N2O3S2. The molecule has 1 aromatic heterocycles. The van der Waals surface area contributed by atoms with E-state index in [1.807, 2.05) is 0 Å². The summed E-state index contributed by atoms with van der Waals surface area (Å²) in [7, 11) is -3.99. The highest BCUT2D eigenvalue weighted by atomic mass is 32.2. The van der Waals surface area contributed by atoms with Gasteiger partial charge in [0, 0.05) is 0 Å². The summed E-state index contributed by atoms with van der Waals surface area (Å²) in [6, 6.07) is 12.8. The zero-order chi connectivity index (χ0) is 13.7. The summed E-state index contributed by atoms with van der Waals surface area (Å²) in [6.45, 7) is 0. The number of nitrogens with zero attached hydrogens (tertiary/aromatic N) is 2. The molecule has 0 aliphatic carbocycles. The van der Waals surface area contributed by atoms with E-state index in [0.717, 1.165) is 0 Å². The van der Waals surface area contributed by atoms with Crippen LogP contribution < -0.4 is 0 Å². The molecule has 5 nitrogen and oxygen atoms in total. The summed E-state index contributed by atoms with van der Waals surface area (Å²) >= 11 is 1.27. The first-order valence-electron chi connectivity index (χ1n) is 5.14. The fraction of sp³-hybridized carbons (Fsp3) is 0. The lowest BCUT2D eigenvalue weighted by molar-refractivity contribution is 0.339. The minimum atomic E-state index is -3.99. The second-order valence-electron chi connectivity index (χ2n) is 3.37. The minimum absolute atomic E-state index is 0.0118. The van der Waals surface area contributed by atoms with E-state index in [0.29, 0.717) is 4.88 Å². The second kappa shape index (κ2) is 5.65. The van der Waals surface area contributed by atoms with Crippen molar-refractivity contribution < 1.29 is 12.7 Å². The lowest BCUT2D eigenvalue weighted by Gasteiger charge is -2.00. The van der Waals surface area contributed by atoms with Gasteiger partial charge < -0.3 is 0 Å². The molecule has 0 saturated carbocycles. The number of hydrogen-bond acceptors (Lipinski definition) is 6. The van der Waals surface area contributed by atoms with Crippen LogP contribution >= 0.6 is 11.3 Å². The van der Waals surface area contributed by atoms with E-state index in [-0.39, 0.29) is 10.6 Å². The van der Waals surface area contributed by atoms with E-state index in [4.69, 9.17) is 5.26 Å². The van der Waals surface area contributed by atoms with Crippen LogP contribution in [0.2, 0.25) is 0 Å². The Hall–Kier alpha value is -2.17. The van der Waals surface area contributed by atoms with Crippen molar-refractivity contribution in [2.24, 2.45) is 5.16 Å². The first-order valence-corrected chi connectivity index (χ1v) is 7.43. The SMILES string of the molecule is N#CC(=NOS(=O)(=O)c1ccccc1)c1cccs1. The van der Waals surface area contributed by atoms with Crippen molar-refractivity contribution in [1.82, 2.24) is 0 Å². The van der Waals surface area contributed by atoms with E-state index in [1.54, 1.807) is 41.8 Å². The monoisotopic (exact) mass is 292 g/mol.